The number of thiophene rings is 1. The standard InChI is InChI=1S/C18H15BrN2O4S/c1-24-18(23)15-12-4-2-3-5-13(12)26-17(15)21-16(22)10(9-20)8-11-6-7-14(19)25-11/h6-8H,2-5H2,1H3,(H,21,22)/b10-8+. The van der Waals surface area contributed by atoms with Crippen molar-refractivity contribution in [2.45, 2.75) is 25.7 Å². The number of nitriles is 1. The molecule has 6 nitrogen and oxygen atoms in total. The van der Waals surface area contributed by atoms with Crippen molar-refractivity contribution in [2.24, 2.45) is 0 Å². The maximum atomic E-state index is 12.5. The van der Waals surface area contributed by atoms with Crippen LogP contribution in [-0.2, 0) is 22.4 Å². The smallest absolute Gasteiger partial charge is 0.341 e. The maximum Gasteiger partial charge on any atom is 0.341 e. The van der Waals surface area contributed by atoms with E-state index in [1.165, 1.54) is 24.5 Å². The fourth-order valence-corrected chi connectivity index (χ4v) is 4.43. The molecule has 0 bridgehead atoms. The Bertz CT molecular complexity index is 936. The molecule has 1 amide bonds. The number of ether oxygens (including phenoxy) is 1. The first-order valence-corrected chi connectivity index (χ1v) is 9.55. The third-order valence-electron chi connectivity index (χ3n) is 4.03. The van der Waals surface area contributed by atoms with Crippen LogP contribution in [0.4, 0.5) is 5.00 Å². The number of furan rings is 1. The molecule has 0 fully saturated rings. The van der Waals surface area contributed by atoms with Crippen LogP contribution < -0.4 is 5.32 Å². The number of hydrogen-bond acceptors (Lipinski definition) is 6. The molecule has 2 heterocycles. The molecule has 0 radical (unpaired) electrons. The highest BCUT2D eigenvalue weighted by Crippen LogP contribution is 2.38. The van der Waals surface area contributed by atoms with Crippen LogP contribution >= 0.6 is 27.3 Å². The van der Waals surface area contributed by atoms with Crippen LogP contribution in [0, 0.1) is 11.3 Å². The van der Waals surface area contributed by atoms with E-state index in [1.54, 1.807) is 12.1 Å². The summed E-state index contributed by atoms with van der Waals surface area (Å²) in [6.07, 6.45) is 5.07. The summed E-state index contributed by atoms with van der Waals surface area (Å²) >= 11 is 4.54. The molecule has 0 spiro atoms. The van der Waals surface area contributed by atoms with Crippen LogP contribution in [0.15, 0.2) is 26.8 Å². The lowest BCUT2D eigenvalue weighted by Crippen LogP contribution is -2.16. The van der Waals surface area contributed by atoms with E-state index in [0.29, 0.717) is 21.0 Å². The molecule has 134 valence electrons. The summed E-state index contributed by atoms with van der Waals surface area (Å²) in [7, 11) is 1.32. The molecule has 0 saturated carbocycles. The summed E-state index contributed by atoms with van der Waals surface area (Å²) in [5.41, 5.74) is 1.23. The van der Waals surface area contributed by atoms with Crippen molar-refractivity contribution in [3.8, 4) is 6.07 Å². The van der Waals surface area contributed by atoms with Crippen LogP contribution in [0.1, 0.15) is 39.4 Å². The predicted molar refractivity (Wildman–Crippen MR) is 101 cm³/mol. The van der Waals surface area contributed by atoms with Crippen molar-refractivity contribution in [2.75, 3.05) is 12.4 Å². The number of methoxy groups -OCH3 is 1. The van der Waals surface area contributed by atoms with Crippen molar-refractivity contribution in [3.05, 3.63) is 44.1 Å². The van der Waals surface area contributed by atoms with Crippen molar-refractivity contribution in [1.82, 2.24) is 0 Å². The van der Waals surface area contributed by atoms with E-state index in [-0.39, 0.29) is 5.57 Å². The summed E-state index contributed by atoms with van der Waals surface area (Å²) < 4.78 is 10.7. The molecular weight excluding hydrogens is 420 g/mol. The molecule has 0 atom stereocenters. The average molecular weight is 435 g/mol. The Balaban J connectivity index is 1.91. The SMILES string of the molecule is COC(=O)c1c(NC(=O)/C(C#N)=C/c2ccc(Br)o2)sc2c1CCCC2. The first-order valence-electron chi connectivity index (χ1n) is 7.94. The van der Waals surface area contributed by atoms with Crippen LogP contribution in [0.25, 0.3) is 6.08 Å². The number of esters is 1. The highest BCUT2D eigenvalue weighted by Gasteiger charge is 2.27. The van der Waals surface area contributed by atoms with Crippen LogP contribution in [0.3, 0.4) is 0 Å². The largest absolute Gasteiger partial charge is 0.465 e. The molecule has 8 heteroatoms. The van der Waals surface area contributed by atoms with Crippen molar-refractivity contribution in [1.29, 1.82) is 5.26 Å². The van der Waals surface area contributed by atoms with Gasteiger partial charge in [-0.1, -0.05) is 0 Å². The molecule has 1 aliphatic carbocycles. The minimum Gasteiger partial charge on any atom is -0.465 e. The molecular formula is C18H15BrN2O4S. The van der Waals surface area contributed by atoms with E-state index < -0.39 is 11.9 Å². The Morgan fingerprint density at radius 1 is 1.38 bits per heavy atom. The van der Waals surface area contributed by atoms with E-state index in [1.807, 2.05) is 6.07 Å². The molecule has 0 aliphatic heterocycles. The minimum atomic E-state index is -0.594. The van der Waals surface area contributed by atoms with Gasteiger partial charge in [0.2, 0.25) is 0 Å². The third kappa shape index (κ3) is 3.74. The van der Waals surface area contributed by atoms with E-state index in [9.17, 15) is 14.9 Å². The second-order valence-corrected chi connectivity index (χ2v) is 7.56. The third-order valence-corrected chi connectivity index (χ3v) is 5.67. The number of nitrogens with one attached hydrogen (secondary N) is 1. The van der Waals surface area contributed by atoms with Gasteiger partial charge in [-0.05, 0) is 59.3 Å². The number of hydrogen-bond donors (Lipinski definition) is 1. The molecule has 26 heavy (non-hydrogen) atoms. The van der Waals surface area contributed by atoms with E-state index in [2.05, 4.69) is 21.2 Å². The first kappa shape index (κ1) is 18.4. The number of anilines is 1. The van der Waals surface area contributed by atoms with Crippen molar-refractivity contribution in [3.63, 3.8) is 0 Å². The van der Waals surface area contributed by atoms with Gasteiger partial charge in [0.1, 0.15) is 22.4 Å². The first-order chi connectivity index (χ1) is 12.5. The highest BCUT2D eigenvalue weighted by atomic mass is 79.9. The molecule has 0 aromatic carbocycles. The van der Waals surface area contributed by atoms with Gasteiger partial charge in [-0.25, -0.2) is 4.79 Å². The number of aryl methyl sites for hydroxylation is 1. The summed E-state index contributed by atoms with van der Waals surface area (Å²) in [5, 5.41) is 12.4. The van der Waals surface area contributed by atoms with Gasteiger partial charge >= 0.3 is 5.97 Å². The van der Waals surface area contributed by atoms with Crippen molar-refractivity contribution >= 4 is 50.2 Å². The fraction of sp³-hybridized carbons (Fsp3) is 0.278. The molecule has 0 saturated heterocycles. The second kappa shape index (κ2) is 7.89. The van der Waals surface area contributed by atoms with Gasteiger partial charge in [0.15, 0.2) is 4.67 Å². The number of carbonyl (C=O) groups is 2. The fourth-order valence-electron chi connectivity index (χ4n) is 2.84. The molecule has 2 aromatic rings. The molecule has 1 aliphatic rings. The van der Waals surface area contributed by atoms with E-state index in [0.717, 1.165) is 36.1 Å². The summed E-state index contributed by atoms with van der Waals surface area (Å²) in [6.45, 7) is 0. The number of halogens is 1. The lowest BCUT2D eigenvalue weighted by molar-refractivity contribution is -0.112. The van der Waals surface area contributed by atoms with Gasteiger partial charge in [0.05, 0.1) is 12.7 Å². The van der Waals surface area contributed by atoms with Gasteiger partial charge in [-0.15, -0.1) is 11.3 Å². The Hall–Kier alpha value is -2.37. The molecule has 2 aromatic heterocycles. The Labute approximate surface area is 162 Å². The lowest BCUT2D eigenvalue weighted by Gasteiger charge is -2.11. The number of rotatable bonds is 4. The van der Waals surface area contributed by atoms with Crippen LogP contribution in [-0.4, -0.2) is 19.0 Å². The van der Waals surface area contributed by atoms with Gasteiger partial charge < -0.3 is 14.5 Å². The van der Waals surface area contributed by atoms with Crippen LogP contribution in [0.5, 0.6) is 0 Å². The second-order valence-electron chi connectivity index (χ2n) is 5.67. The lowest BCUT2D eigenvalue weighted by atomic mass is 9.95. The topological polar surface area (TPSA) is 92.3 Å². The summed E-state index contributed by atoms with van der Waals surface area (Å²) in [6, 6.07) is 5.17. The zero-order valence-electron chi connectivity index (χ0n) is 13.9. The van der Waals surface area contributed by atoms with E-state index >= 15 is 0 Å². The quantitative estimate of drug-likeness (QED) is 0.439. The normalized spacial score (nSPS) is 13.7. The van der Waals surface area contributed by atoms with Gasteiger partial charge in [0.25, 0.3) is 5.91 Å². The summed E-state index contributed by atoms with van der Waals surface area (Å²) in [4.78, 5) is 25.8. The minimum absolute atomic E-state index is 0.117. The zero-order chi connectivity index (χ0) is 18.7. The van der Waals surface area contributed by atoms with Gasteiger partial charge in [-0.3, -0.25) is 4.79 Å². The number of carbonyl (C=O) groups excluding carboxylic acids is 2. The molecule has 3 rings (SSSR count). The Morgan fingerprint density at radius 2 is 2.15 bits per heavy atom. The summed E-state index contributed by atoms with van der Waals surface area (Å²) in [5.74, 6) is -0.692. The van der Waals surface area contributed by atoms with Gasteiger partial charge in [-0.2, -0.15) is 5.26 Å². The van der Waals surface area contributed by atoms with E-state index in [4.69, 9.17) is 9.15 Å². The Morgan fingerprint density at radius 3 is 2.81 bits per heavy atom. The average Bonchev–Trinajstić information content (AvgIpc) is 3.21. The Kier molecular flexibility index (Phi) is 5.59. The molecule has 0 unspecified atom stereocenters. The predicted octanol–water partition coefficient (Wildman–Crippen LogP) is 4.31. The van der Waals surface area contributed by atoms with Gasteiger partial charge in [0, 0.05) is 11.0 Å². The number of amides is 1. The highest BCUT2D eigenvalue weighted by molar-refractivity contribution is 9.10. The molecule has 1 N–H and O–H groups in total. The number of nitrogens with zero attached hydrogens (tertiary/aromatic N) is 1. The monoisotopic (exact) mass is 434 g/mol. The maximum absolute atomic E-state index is 12.5. The zero-order valence-corrected chi connectivity index (χ0v) is 16.3. The van der Waals surface area contributed by atoms with Crippen molar-refractivity contribution < 1.29 is 18.7 Å². The number of fused-ring (bicyclic) bond motifs is 1. The van der Waals surface area contributed by atoms with Crippen LogP contribution in [0.2, 0.25) is 0 Å².